The third-order valence-electron chi connectivity index (χ3n) is 6.71. The quantitative estimate of drug-likeness (QED) is 0.132. The van der Waals surface area contributed by atoms with Crippen LogP contribution in [0.25, 0.3) is 17.0 Å². The first-order valence-corrected chi connectivity index (χ1v) is 13.5. The number of nitrogens with zero attached hydrogens (tertiary/aromatic N) is 3. The Morgan fingerprint density at radius 3 is 2.39 bits per heavy atom. The summed E-state index contributed by atoms with van der Waals surface area (Å²) in [7, 11) is 0. The molecule has 0 unspecified atom stereocenters. The normalized spacial score (nSPS) is 11.3. The molecule has 1 heterocycles. The van der Waals surface area contributed by atoms with Gasteiger partial charge in [-0.05, 0) is 65.4 Å². The lowest BCUT2D eigenvalue weighted by Gasteiger charge is -2.28. The first kappa shape index (κ1) is 29.2. The van der Waals surface area contributed by atoms with Crippen LogP contribution in [0.1, 0.15) is 30.5 Å². The van der Waals surface area contributed by atoms with Crippen molar-refractivity contribution < 1.29 is 18.9 Å². The number of nitro groups is 1. The molecule has 0 saturated carbocycles. The fraction of sp³-hybridized carbons (Fsp3) is 0.250. The van der Waals surface area contributed by atoms with E-state index < -0.39 is 4.92 Å². The second-order valence-corrected chi connectivity index (χ2v) is 10.3. The van der Waals surface area contributed by atoms with Crippen LogP contribution < -0.4 is 0 Å². The zero-order chi connectivity index (χ0) is 29.4. The minimum absolute atomic E-state index is 0.0330. The van der Waals surface area contributed by atoms with Crippen LogP contribution in [0, 0.1) is 21.8 Å². The van der Waals surface area contributed by atoms with Gasteiger partial charge in [-0.25, -0.2) is 4.39 Å². The number of carbonyl (C=O) groups excluding carboxylic acids is 2. The standard InChI is InChI=1S/C32H33FN4O4/c1-23(2)20-36(31(38)16-11-24-9-14-28(15-10-24)37(40)41)22-32(39)35(21-25-7-12-27(33)13-8-25)18-17-26-19-34-30-6-4-3-5-29(26)30/h3-16,19,23,34H,17-18,20-22H2,1-2H3/b16-11+. The highest BCUT2D eigenvalue weighted by Gasteiger charge is 2.22. The monoisotopic (exact) mass is 556 g/mol. The highest BCUT2D eigenvalue weighted by molar-refractivity contribution is 5.94. The van der Waals surface area contributed by atoms with Crippen LogP contribution in [0.4, 0.5) is 10.1 Å². The lowest BCUT2D eigenvalue weighted by molar-refractivity contribution is -0.384. The zero-order valence-corrected chi connectivity index (χ0v) is 23.1. The van der Waals surface area contributed by atoms with Gasteiger partial charge in [0.2, 0.25) is 11.8 Å². The first-order chi connectivity index (χ1) is 19.7. The number of aromatic amines is 1. The van der Waals surface area contributed by atoms with Crippen LogP contribution in [0.3, 0.4) is 0 Å². The van der Waals surface area contributed by atoms with Crippen molar-refractivity contribution in [3.63, 3.8) is 0 Å². The maximum atomic E-state index is 13.7. The Morgan fingerprint density at radius 2 is 1.71 bits per heavy atom. The molecule has 0 aliphatic carbocycles. The van der Waals surface area contributed by atoms with Gasteiger partial charge in [0.05, 0.1) is 4.92 Å². The number of benzene rings is 3. The van der Waals surface area contributed by atoms with Crippen molar-refractivity contribution in [2.45, 2.75) is 26.8 Å². The molecule has 8 nitrogen and oxygen atoms in total. The van der Waals surface area contributed by atoms with E-state index in [0.29, 0.717) is 25.1 Å². The smallest absolute Gasteiger partial charge is 0.269 e. The molecule has 4 rings (SSSR count). The lowest BCUT2D eigenvalue weighted by atomic mass is 10.1. The number of fused-ring (bicyclic) bond motifs is 1. The molecule has 0 bridgehead atoms. The van der Waals surface area contributed by atoms with Gasteiger partial charge >= 0.3 is 0 Å². The van der Waals surface area contributed by atoms with Gasteiger partial charge < -0.3 is 14.8 Å². The summed E-state index contributed by atoms with van der Waals surface area (Å²) in [6.07, 6.45) is 5.52. The molecule has 1 N–H and O–H groups in total. The molecule has 0 fully saturated rings. The highest BCUT2D eigenvalue weighted by atomic mass is 19.1. The fourth-order valence-electron chi connectivity index (χ4n) is 4.61. The van der Waals surface area contributed by atoms with Gasteiger partial charge in [-0.2, -0.15) is 0 Å². The second kappa shape index (κ2) is 13.5. The number of halogens is 1. The summed E-state index contributed by atoms with van der Waals surface area (Å²) in [6, 6.07) is 19.9. The summed E-state index contributed by atoms with van der Waals surface area (Å²) >= 11 is 0. The van der Waals surface area contributed by atoms with Gasteiger partial charge in [-0.15, -0.1) is 0 Å². The highest BCUT2D eigenvalue weighted by Crippen LogP contribution is 2.19. The van der Waals surface area contributed by atoms with Gasteiger partial charge in [0.15, 0.2) is 0 Å². The van der Waals surface area contributed by atoms with Crippen molar-refractivity contribution in [1.82, 2.24) is 14.8 Å². The predicted octanol–water partition coefficient (Wildman–Crippen LogP) is 5.98. The zero-order valence-electron chi connectivity index (χ0n) is 23.1. The Bertz CT molecular complexity index is 1530. The third kappa shape index (κ3) is 8.11. The molecule has 212 valence electrons. The van der Waals surface area contributed by atoms with Gasteiger partial charge in [-0.3, -0.25) is 19.7 Å². The number of nitro benzene ring substituents is 1. The van der Waals surface area contributed by atoms with E-state index in [2.05, 4.69) is 4.98 Å². The number of para-hydroxylation sites is 1. The van der Waals surface area contributed by atoms with Gasteiger partial charge in [0.1, 0.15) is 12.4 Å². The van der Waals surface area contributed by atoms with Crippen molar-refractivity contribution >= 4 is 34.5 Å². The molecule has 0 atom stereocenters. The maximum absolute atomic E-state index is 13.7. The van der Waals surface area contributed by atoms with E-state index in [0.717, 1.165) is 22.0 Å². The van der Waals surface area contributed by atoms with Crippen LogP contribution in [-0.4, -0.2) is 51.2 Å². The first-order valence-electron chi connectivity index (χ1n) is 13.5. The Balaban J connectivity index is 1.50. The number of rotatable bonds is 12. The maximum Gasteiger partial charge on any atom is 0.269 e. The van der Waals surface area contributed by atoms with Crippen molar-refractivity contribution in [2.75, 3.05) is 19.6 Å². The third-order valence-corrected chi connectivity index (χ3v) is 6.71. The SMILES string of the molecule is CC(C)CN(CC(=O)N(CCc1c[nH]c2ccccc12)Cc1ccc(F)cc1)C(=O)/C=C/c1ccc([N+](=O)[O-])cc1. The van der Waals surface area contributed by atoms with Crippen LogP contribution in [0.5, 0.6) is 0 Å². The van der Waals surface area contributed by atoms with E-state index in [1.807, 2.05) is 44.3 Å². The number of amides is 2. The van der Waals surface area contributed by atoms with E-state index >= 15 is 0 Å². The van der Waals surface area contributed by atoms with Crippen molar-refractivity contribution in [2.24, 2.45) is 5.92 Å². The average molecular weight is 557 g/mol. The molecule has 9 heteroatoms. The molecule has 0 aliphatic heterocycles. The molecule has 0 spiro atoms. The molecule has 41 heavy (non-hydrogen) atoms. The summed E-state index contributed by atoms with van der Waals surface area (Å²) in [5.41, 5.74) is 3.50. The number of hydrogen-bond donors (Lipinski definition) is 1. The molecule has 1 aromatic heterocycles. The van der Waals surface area contributed by atoms with E-state index in [-0.39, 0.29) is 42.3 Å². The number of H-pyrrole nitrogens is 1. The molecule has 0 saturated heterocycles. The van der Waals surface area contributed by atoms with E-state index in [9.17, 15) is 24.1 Å². The minimum Gasteiger partial charge on any atom is -0.361 e. The van der Waals surface area contributed by atoms with Gasteiger partial charge in [0.25, 0.3) is 5.69 Å². The largest absolute Gasteiger partial charge is 0.361 e. The molecule has 2 amide bonds. The van der Waals surface area contributed by atoms with Crippen LogP contribution in [0.15, 0.2) is 85.1 Å². The summed E-state index contributed by atoms with van der Waals surface area (Å²) in [6.45, 7) is 4.90. The van der Waals surface area contributed by atoms with Gasteiger partial charge in [-0.1, -0.05) is 44.2 Å². The Morgan fingerprint density at radius 1 is 1.00 bits per heavy atom. The summed E-state index contributed by atoms with van der Waals surface area (Å²) in [5, 5.41) is 12.0. The Kier molecular flexibility index (Phi) is 9.63. The summed E-state index contributed by atoms with van der Waals surface area (Å²) < 4.78 is 13.5. The van der Waals surface area contributed by atoms with E-state index in [4.69, 9.17) is 0 Å². The molecule has 3 aromatic carbocycles. The Labute approximate surface area is 238 Å². The van der Waals surface area contributed by atoms with Crippen molar-refractivity contribution in [1.29, 1.82) is 0 Å². The van der Waals surface area contributed by atoms with E-state index in [1.54, 1.807) is 35.2 Å². The van der Waals surface area contributed by atoms with E-state index in [1.165, 1.54) is 35.2 Å². The van der Waals surface area contributed by atoms with Crippen LogP contribution in [0.2, 0.25) is 0 Å². The number of hydrogen-bond acceptors (Lipinski definition) is 4. The van der Waals surface area contributed by atoms with Crippen molar-refractivity contribution in [3.8, 4) is 0 Å². The van der Waals surface area contributed by atoms with Crippen molar-refractivity contribution in [3.05, 3.63) is 118 Å². The fourth-order valence-corrected chi connectivity index (χ4v) is 4.61. The summed E-state index contributed by atoms with van der Waals surface area (Å²) in [5.74, 6) is -0.772. The summed E-state index contributed by atoms with van der Waals surface area (Å²) in [4.78, 5) is 43.8. The number of aromatic nitrogens is 1. The molecular weight excluding hydrogens is 523 g/mol. The van der Waals surface area contributed by atoms with Crippen LogP contribution >= 0.6 is 0 Å². The molecule has 0 aliphatic rings. The average Bonchev–Trinajstić information content (AvgIpc) is 3.37. The lowest BCUT2D eigenvalue weighted by Crippen LogP contribution is -2.44. The molecule has 4 aromatic rings. The van der Waals surface area contributed by atoms with Gasteiger partial charge in [0, 0.05) is 54.9 Å². The van der Waals surface area contributed by atoms with Crippen LogP contribution in [-0.2, 0) is 22.6 Å². The predicted molar refractivity (Wildman–Crippen MR) is 157 cm³/mol. The molecular formula is C32H33FN4O4. The topological polar surface area (TPSA) is 99.6 Å². The number of nitrogens with one attached hydrogen (secondary N) is 1. The Hall–Kier alpha value is -4.79. The number of carbonyl (C=O) groups is 2. The minimum atomic E-state index is -0.481. The number of non-ortho nitro benzene ring substituents is 1. The molecule has 0 radical (unpaired) electrons. The second-order valence-electron chi connectivity index (χ2n) is 10.3.